The van der Waals surface area contributed by atoms with Crippen LogP contribution in [0, 0.1) is 22.7 Å². The van der Waals surface area contributed by atoms with E-state index in [1.165, 1.54) is 151 Å². The fourth-order valence-electron chi connectivity index (χ4n) is 15.2. The number of rotatable bonds is 20. The van der Waals surface area contributed by atoms with Crippen molar-refractivity contribution in [2.75, 3.05) is 36.8 Å². The Bertz CT molecular complexity index is 2760. The van der Waals surface area contributed by atoms with E-state index in [-0.39, 0.29) is 27.9 Å². The van der Waals surface area contributed by atoms with Crippen molar-refractivity contribution in [3.63, 3.8) is 0 Å². The van der Waals surface area contributed by atoms with Gasteiger partial charge in [-0.25, -0.2) is 0 Å². The molecule has 2 heterocycles. The highest BCUT2D eigenvalue weighted by molar-refractivity contribution is 5.94. The Morgan fingerprint density at radius 2 is 1.04 bits per heavy atom. The van der Waals surface area contributed by atoms with Gasteiger partial charge in [0.05, 0.1) is 11.0 Å². The summed E-state index contributed by atoms with van der Waals surface area (Å²) in [5, 5.41) is 18.2. The van der Waals surface area contributed by atoms with Gasteiger partial charge in [-0.15, -0.1) is 0 Å². The molecular formula is C68H100N8. The summed E-state index contributed by atoms with van der Waals surface area (Å²) < 4.78 is 0. The molecule has 4 aromatic rings. The highest BCUT2D eigenvalue weighted by atomic mass is 15.0. The molecule has 0 saturated heterocycles. The Balaban J connectivity index is 0.000000186. The van der Waals surface area contributed by atoms with Crippen LogP contribution in [0.3, 0.4) is 0 Å². The Morgan fingerprint density at radius 3 is 1.59 bits per heavy atom. The lowest BCUT2D eigenvalue weighted by molar-refractivity contribution is 0.105. The normalized spacial score (nSPS) is 27.3. The Hall–Kier alpha value is -4.34. The average molecular weight is 1030 g/mol. The van der Waals surface area contributed by atoms with E-state index in [0.717, 1.165) is 88.6 Å². The molecule has 6 atom stereocenters. The van der Waals surface area contributed by atoms with Crippen LogP contribution in [0.25, 0.3) is 21.8 Å². The third-order valence-corrected chi connectivity index (χ3v) is 19.6. The van der Waals surface area contributed by atoms with Gasteiger partial charge in [-0.1, -0.05) is 138 Å². The second kappa shape index (κ2) is 24.8. The molecule has 8 nitrogen and oxygen atoms in total. The summed E-state index contributed by atoms with van der Waals surface area (Å²) in [6.07, 6.45) is 36.2. The summed E-state index contributed by atoms with van der Waals surface area (Å²) in [6, 6.07) is 18.0. The fraction of sp³-hybridized carbons (Fsp3) is 0.618. The first kappa shape index (κ1) is 56.4. The van der Waals surface area contributed by atoms with Crippen molar-refractivity contribution in [3.8, 4) is 0 Å². The second-order valence-electron chi connectivity index (χ2n) is 25.8. The molecule has 2 aromatic heterocycles. The zero-order valence-electron chi connectivity index (χ0n) is 48.7. The first-order valence-corrected chi connectivity index (χ1v) is 30.7. The van der Waals surface area contributed by atoms with Crippen LogP contribution in [-0.4, -0.2) is 59.3 Å². The van der Waals surface area contributed by atoms with Crippen molar-refractivity contribution in [2.24, 2.45) is 34.1 Å². The van der Waals surface area contributed by atoms with Gasteiger partial charge < -0.3 is 32.7 Å². The van der Waals surface area contributed by atoms with E-state index in [4.69, 9.17) is 21.4 Å². The van der Waals surface area contributed by atoms with Crippen LogP contribution in [0.1, 0.15) is 193 Å². The number of aromatic nitrogens is 2. The summed E-state index contributed by atoms with van der Waals surface area (Å²) in [6.45, 7) is 22.8. The number of benzene rings is 2. The first-order chi connectivity index (χ1) is 36.7. The number of unbranched alkanes of at least 4 members (excludes halogenated alkanes) is 8. The van der Waals surface area contributed by atoms with Crippen molar-refractivity contribution in [1.29, 1.82) is 0 Å². The van der Waals surface area contributed by atoms with Gasteiger partial charge in [0.15, 0.2) is 0 Å². The number of pyridine rings is 2. The Kier molecular flexibility index (Phi) is 18.4. The van der Waals surface area contributed by atoms with Crippen molar-refractivity contribution < 1.29 is 0 Å². The number of nitrogens with zero attached hydrogens (tertiary/aromatic N) is 2. The number of hydrogen-bond acceptors (Lipinski definition) is 8. The molecule has 8 heteroatoms. The van der Waals surface area contributed by atoms with Gasteiger partial charge in [0.2, 0.25) is 0 Å². The number of hydrogen-bond donors (Lipinski definition) is 6. The molecule has 4 bridgehead atoms. The summed E-state index contributed by atoms with van der Waals surface area (Å²) >= 11 is 0. The van der Waals surface area contributed by atoms with Crippen LogP contribution in [0.4, 0.5) is 11.4 Å². The lowest BCUT2D eigenvalue weighted by Crippen LogP contribution is -2.63. The molecule has 2 fully saturated rings. The number of allylic oxidation sites excluding steroid dienone is 4. The average Bonchev–Trinajstić information content (AvgIpc) is 3.40. The summed E-state index contributed by atoms with van der Waals surface area (Å²) in [4.78, 5) is 9.96. The van der Waals surface area contributed by atoms with Crippen LogP contribution >= 0.6 is 0 Å². The molecule has 0 radical (unpaired) electrons. The maximum absolute atomic E-state index is 7.01. The third kappa shape index (κ3) is 12.1. The minimum absolute atomic E-state index is 0.0591. The van der Waals surface area contributed by atoms with E-state index in [0.29, 0.717) is 17.9 Å². The number of fused-ring (bicyclic) bond motifs is 8. The Labute approximate surface area is 460 Å². The van der Waals surface area contributed by atoms with E-state index in [9.17, 15) is 0 Å². The van der Waals surface area contributed by atoms with Gasteiger partial charge in [0, 0.05) is 81.6 Å². The molecule has 0 amide bonds. The highest BCUT2D eigenvalue weighted by Gasteiger charge is 2.54. The Morgan fingerprint density at radius 1 is 0.566 bits per heavy atom. The first-order valence-electron chi connectivity index (χ1n) is 30.7. The zero-order valence-corrected chi connectivity index (χ0v) is 48.7. The highest BCUT2D eigenvalue weighted by Crippen LogP contribution is 2.55. The van der Waals surface area contributed by atoms with Crippen LogP contribution in [0.15, 0.2) is 95.1 Å². The van der Waals surface area contributed by atoms with E-state index in [2.05, 4.69) is 149 Å². The van der Waals surface area contributed by atoms with Crippen molar-refractivity contribution in [2.45, 2.75) is 220 Å². The van der Waals surface area contributed by atoms with Crippen LogP contribution < -0.4 is 32.7 Å². The van der Waals surface area contributed by atoms with Gasteiger partial charge >= 0.3 is 0 Å². The van der Waals surface area contributed by atoms with Gasteiger partial charge in [-0.3, -0.25) is 9.97 Å². The lowest BCUT2D eigenvalue weighted by Gasteiger charge is -2.56. The molecule has 8 N–H and O–H groups in total. The van der Waals surface area contributed by atoms with Gasteiger partial charge in [-0.05, 0) is 189 Å². The number of aryl methyl sites for hydroxylation is 2. The van der Waals surface area contributed by atoms with E-state index in [1.54, 1.807) is 5.57 Å². The largest absolute Gasteiger partial charge is 0.384 e. The second-order valence-corrected chi connectivity index (χ2v) is 25.8. The predicted molar refractivity (Wildman–Crippen MR) is 325 cm³/mol. The number of nitrogens with two attached hydrogens (primary N) is 2. The van der Waals surface area contributed by atoms with E-state index >= 15 is 0 Å². The minimum atomic E-state index is -0.169. The monoisotopic (exact) mass is 1030 g/mol. The van der Waals surface area contributed by atoms with Crippen LogP contribution in [0.2, 0.25) is 0 Å². The standard InChI is InChI=1S/2C34H50N4/c1-5-27-28-21-24(2)22-34(27,35)23-31(33(28,3)4)36-19-13-7-6-8-14-20-37-32-25-15-9-11-17-29(25)38-30-18-12-10-16-26(30)32;1-5-27-28-21-24(2)22-34(27,23-31(35)33(28,3)4)37-20-14-8-6-7-13-19-36-32-25-15-9-11-17-29(25)38-30-18-12-10-16-26(30)32/h5,9,11,15,17,21,28,31,36H,6-8,10,12-14,16,18-20,22-23,35H2,1-4H3,(H,37,38);5,9,11,15,17,21,28,31,37H,6-8,10,12-14,16,18-20,22-23,35H2,1-4H3,(H,36,38)/b27-5-;27-5+/t28?,31?,34-;/m0./s1. The lowest BCUT2D eigenvalue weighted by atomic mass is 9.53. The van der Waals surface area contributed by atoms with Gasteiger partial charge in [0.1, 0.15) is 0 Å². The van der Waals surface area contributed by atoms with Crippen molar-refractivity contribution in [1.82, 2.24) is 20.6 Å². The SMILES string of the molecule is C/C=C1/C2C=C(C)C[C@]1(N)CC(NCCCCCCCNc1c3c(nc4ccccc14)CCCC3)C2(C)C.C/C=C1\C2C=C(C)CC1(NCCCCCCCNc1c3c(nc4ccccc14)CCCC3)CC(N)C2(C)C. The van der Waals surface area contributed by atoms with Crippen LogP contribution in [0.5, 0.6) is 0 Å². The van der Waals surface area contributed by atoms with Gasteiger partial charge in [-0.2, -0.15) is 0 Å². The fourth-order valence-corrected chi connectivity index (χ4v) is 15.2. The molecule has 10 rings (SSSR count). The maximum Gasteiger partial charge on any atom is 0.0726 e. The molecule has 0 spiro atoms. The summed E-state index contributed by atoms with van der Waals surface area (Å²) in [5.41, 5.74) is 30.6. The molecule has 0 aliphatic heterocycles. The summed E-state index contributed by atoms with van der Waals surface area (Å²) in [5.74, 6) is 0.904. The molecule has 5 unspecified atom stereocenters. The third-order valence-electron chi connectivity index (χ3n) is 19.6. The molecule has 2 saturated carbocycles. The number of anilines is 2. The molecule has 2 aromatic carbocycles. The predicted octanol–water partition coefficient (Wildman–Crippen LogP) is 14.9. The van der Waals surface area contributed by atoms with E-state index in [1.807, 2.05) is 0 Å². The minimum Gasteiger partial charge on any atom is -0.384 e. The molecule has 6 aliphatic carbocycles. The van der Waals surface area contributed by atoms with Crippen molar-refractivity contribution in [3.05, 3.63) is 118 Å². The van der Waals surface area contributed by atoms with E-state index < -0.39 is 0 Å². The molecule has 76 heavy (non-hydrogen) atoms. The number of nitrogens with one attached hydrogen (secondary N) is 4. The maximum atomic E-state index is 7.01. The topological polar surface area (TPSA) is 126 Å². The zero-order chi connectivity index (χ0) is 53.5. The summed E-state index contributed by atoms with van der Waals surface area (Å²) in [7, 11) is 0. The molecular weight excluding hydrogens is 929 g/mol. The number of para-hydroxylation sites is 2. The quantitative estimate of drug-likeness (QED) is 0.0382. The van der Waals surface area contributed by atoms with Crippen LogP contribution in [-0.2, 0) is 25.7 Å². The smallest absolute Gasteiger partial charge is 0.0726 e. The molecule has 412 valence electrons. The van der Waals surface area contributed by atoms with Gasteiger partial charge in [0.25, 0.3) is 0 Å². The van der Waals surface area contributed by atoms with Crippen molar-refractivity contribution >= 4 is 33.2 Å². The molecule has 6 aliphatic rings.